The van der Waals surface area contributed by atoms with E-state index in [2.05, 4.69) is 0 Å². The highest BCUT2D eigenvalue weighted by Gasteiger charge is 2.32. The Morgan fingerprint density at radius 2 is 1.52 bits per heavy atom. The number of phosphoric ester groups is 1. The van der Waals surface area contributed by atoms with Gasteiger partial charge >= 0.3 is 7.82 Å². The molecule has 0 aromatic heterocycles. The minimum Gasteiger partial charge on any atom is -0.404 e. The standard InChI is InChI=1S/C17H18ClO4P/c1-11-6-14-9-20-23(19,21-10-15(14)7-12(11)2)22-16-4-5-17(18)13(3)8-16/h4-8H,9-10H2,1-3H3. The van der Waals surface area contributed by atoms with Crippen molar-refractivity contribution < 1.29 is 18.1 Å². The molecule has 0 aliphatic carbocycles. The monoisotopic (exact) mass is 352 g/mol. The molecule has 2 aromatic rings. The number of halogens is 1. The summed E-state index contributed by atoms with van der Waals surface area (Å²) >= 11 is 5.99. The van der Waals surface area contributed by atoms with E-state index in [0.29, 0.717) is 10.8 Å². The van der Waals surface area contributed by atoms with Crippen LogP contribution in [0.3, 0.4) is 0 Å². The van der Waals surface area contributed by atoms with Crippen LogP contribution < -0.4 is 4.52 Å². The van der Waals surface area contributed by atoms with Gasteiger partial charge in [0.15, 0.2) is 0 Å². The van der Waals surface area contributed by atoms with Crippen LogP contribution in [0.4, 0.5) is 0 Å². The lowest BCUT2D eigenvalue weighted by Crippen LogP contribution is -1.99. The zero-order valence-electron chi connectivity index (χ0n) is 13.3. The molecule has 23 heavy (non-hydrogen) atoms. The second-order valence-corrected chi connectivity index (χ2v) is 7.70. The van der Waals surface area contributed by atoms with E-state index in [1.54, 1.807) is 18.2 Å². The fraction of sp³-hybridized carbons (Fsp3) is 0.294. The van der Waals surface area contributed by atoms with E-state index in [4.69, 9.17) is 25.2 Å². The van der Waals surface area contributed by atoms with Gasteiger partial charge in [-0.25, -0.2) is 4.57 Å². The van der Waals surface area contributed by atoms with Crippen molar-refractivity contribution in [1.82, 2.24) is 0 Å². The molecule has 6 heteroatoms. The fourth-order valence-electron chi connectivity index (χ4n) is 2.39. The summed E-state index contributed by atoms with van der Waals surface area (Å²) in [5.41, 5.74) is 5.11. The van der Waals surface area contributed by atoms with Crippen LogP contribution >= 0.6 is 19.4 Å². The van der Waals surface area contributed by atoms with Crippen LogP contribution in [0.5, 0.6) is 5.75 Å². The van der Waals surface area contributed by atoms with Crippen LogP contribution in [-0.2, 0) is 26.8 Å². The molecule has 0 fully saturated rings. The molecule has 1 heterocycles. The first-order valence-electron chi connectivity index (χ1n) is 7.30. The van der Waals surface area contributed by atoms with E-state index in [1.165, 1.54) is 11.1 Å². The van der Waals surface area contributed by atoms with Crippen molar-refractivity contribution >= 4 is 19.4 Å². The van der Waals surface area contributed by atoms with Gasteiger partial charge in [0, 0.05) is 5.02 Å². The van der Waals surface area contributed by atoms with Gasteiger partial charge < -0.3 is 4.52 Å². The van der Waals surface area contributed by atoms with Crippen LogP contribution in [-0.4, -0.2) is 0 Å². The Morgan fingerprint density at radius 1 is 0.957 bits per heavy atom. The van der Waals surface area contributed by atoms with Gasteiger partial charge in [-0.1, -0.05) is 23.7 Å². The molecular formula is C17H18ClO4P. The summed E-state index contributed by atoms with van der Waals surface area (Å²) in [7, 11) is -3.67. The number of rotatable bonds is 2. The molecule has 0 saturated heterocycles. The molecule has 3 rings (SSSR count). The average molecular weight is 353 g/mol. The number of hydrogen-bond acceptors (Lipinski definition) is 4. The van der Waals surface area contributed by atoms with Crippen LogP contribution in [0.25, 0.3) is 0 Å². The summed E-state index contributed by atoms with van der Waals surface area (Å²) in [6, 6.07) is 9.12. The molecule has 0 atom stereocenters. The molecule has 1 aliphatic rings. The lowest BCUT2D eigenvalue weighted by atomic mass is 10.0. The van der Waals surface area contributed by atoms with E-state index >= 15 is 0 Å². The van der Waals surface area contributed by atoms with Crippen molar-refractivity contribution in [2.45, 2.75) is 34.0 Å². The predicted molar refractivity (Wildman–Crippen MR) is 89.9 cm³/mol. The minimum atomic E-state index is -3.67. The van der Waals surface area contributed by atoms with Gasteiger partial charge in [-0.05, 0) is 66.8 Å². The third kappa shape index (κ3) is 3.61. The molecule has 0 radical (unpaired) electrons. The quantitative estimate of drug-likeness (QED) is 0.669. The summed E-state index contributed by atoms with van der Waals surface area (Å²) < 4.78 is 29.2. The minimum absolute atomic E-state index is 0.195. The second-order valence-electron chi connectivity index (χ2n) is 5.70. The van der Waals surface area contributed by atoms with Gasteiger partial charge in [0.05, 0.1) is 13.2 Å². The highest BCUT2D eigenvalue weighted by molar-refractivity contribution is 7.48. The van der Waals surface area contributed by atoms with E-state index in [-0.39, 0.29) is 13.2 Å². The zero-order valence-corrected chi connectivity index (χ0v) is 14.9. The Kier molecular flexibility index (Phi) is 4.52. The van der Waals surface area contributed by atoms with Crippen LogP contribution in [0.2, 0.25) is 5.02 Å². The summed E-state index contributed by atoms with van der Waals surface area (Å²) in [5.74, 6) is 0.411. The second kappa shape index (κ2) is 6.29. The number of aryl methyl sites for hydroxylation is 3. The third-order valence-corrected chi connectivity index (χ3v) is 5.67. The first-order valence-corrected chi connectivity index (χ1v) is 9.14. The van der Waals surface area contributed by atoms with Crippen molar-refractivity contribution in [2.24, 2.45) is 0 Å². The molecule has 4 nitrogen and oxygen atoms in total. The maximum Gasteiger partial charge on any atom is 0.530 e. The van der Waals surface area contributed by atoms with Crippen LogP contribution in [0, 0.1) is 20.8 Å². The lowest BCUT2D eigenvalue weighted by Gasteiger charge is -2.16. The number of phosphoric acid groups is 1. The van der Waals surface area contributed by atoms with E-state index < -0.39 is 7.82 Å². The molecule has 0 spiro atoms. The van der Waals surface area contributed by atoms with Crippen molar-refractivity contribution in [2.75, 3.05) is 0 Å². The van der Waals surface area contributed by atoms with Gasteiger partial charge in [-0.2, -0.15) is 0 Å². The fourth-order valence-corrected chi connectivity index (χ4v) is 3.66. The van der Waals surface area contributed by atoms with Gasteiger partial charge in [-0.15, -0.1) is 0 Å². The van der Waals surface area contributed by atoms with Crippen LogP contribution in [0.15, 0.2) is 30.3 Å². The SMILES string of the molecule is Cc1cc2c(cc1C)COP(=O)(Oc1ccc(Cl)c(C)c1)OC2. The molecule has 0 bridgehead atoms. The van der Waals surface area contributed by atoms with Crippen molar-refractivity contribution in [3.05, 3.63) is 63.2 Å². The summed E-state index contributed by atoms with van der Waals surface area (Å²) in [6.45, 7) is 6.31. The van der Waals surface area contributed by atoms with Crippen molar-refractivity contribution in [3.63, 3.8) is 0 Å². The Balaban J connectivity index is 1.82. The first kappa shape index (κ1) is 16.5. The lowest BCUT2D eigenvalue weighted by molar-refractivity contribution is 0.155. The maximum atomic E-state index is 12.8. The Labute approximate surface area is 141 Å². The molecule has 0 saturated carbocycles. The topological polar surface area (TPSA) is 44.8 Å². The smallest absolute Gasteiger partial charge is 0.404 e. The molecule has 2 aromatic carbocycles. The van der Waals surface area contributed by atoms with Gasteiger partial charge in [0.25, 0.3) is 0 Å². The molecule has 122 valence electrons. The largest absolute Gasteiger partial charge is 0.530 e. The maximum absolute atomic E-state index is 12.8. The highest BCUT2D eigenvalue weighted by atomic mass is 35.5. The first-order chi connectivity index (χ1) is 10.9. The van der Waals surface area contributed by atoms with E-state index in [9.17, 15) is 4.57 Å². The molecule has 1 aliphatic heterocycles. The third-order valence-electron chi connectivity index (χ3n) is 3.92. The summed E-state index contributed by atoms with van der Waals surface area (Å²) in [5, 5.41) is 0.622. The predicted octanol–water partition coefficient (Wildman–Crippen LogP) is 5.50. The number of fused-ring (bicyclic) bond motifs is 1. The molecule has 0 amide bonds. The summed E-state index contributed by atoms with van der Waals surface area (Å²) in [4.78, 5) is 0. The van der Waals surface area contributed by atoms with Crippen LogP contribution in [0.1, 0.15) is 27.8 Å². The Morgan fingerprint density at radius 3 is 2.04 bits per heavy atom. The number of benzene rings is 2. The van der Waals surface area contributed by atoms with E-state index in [1.807, 2.05) is 32.9 Å². The van der Waals surface area contributed by atoms with Crippen molar-refractivity contribution in [1.29, 1.82) is 0 Å². The molecular weight excluding hydrogens is 335 g/mol. The average Bonchev–Trinajstić information content (AvgIpc) is 2.65. The van der Waals surface area contributed by atoms with E-state index in [0.717, 1.165) is 16.7 Å². The molecule has 0 N–H and O–H groups in total. The van der Waals surface area contributed by atoms with Gasteiger partial charge in [-0.3, -0.25) is 9.05 Å². The Hall–Kier alpha value is -1.32. The van der Waals surface area contributed by atoms with Crippen molar-refractivity contribution in [3.8, 4) is 5.75 Å². The highest BCUT2D eigenvalue weighted by Crippen LogP contribution is 2.52. The molecule has 0 unspecified atom stereocenters. The normalized spacial score (nSPS) is 16.5. The van der Waals surface area contributed by atoms with Gasteiger partial charge in [0.1, 0.15) is 5.75 Å². The Bertz CT molecular complexity index is 766. The number of hydrogen-bond donors (Lipinski definition) is 0. The van der Waals surface area contributed by atoms with Gasteiger partial charge in [0.2, 0.25) is 0 Å². The summed E-state index contributed by atoms with van der Waals surface area (Å²) in [6.07, 6.45) is 0. The zero-order chi connectivity index (χ0) is 16.6.